The molecular weight excluding hydrogens is 324 g/mol. The van der Waals surface area contributed by atoms with E-state index in [1.54, 1.807) is 30.6 Å². The minimum absolute atomic E-state index is 0.0651. The molecule has 3 aliphatic rings. The number of benzene rings is 1. The van der Waals surface area contributed by atoms with Gasteiger partial charge in [0.05, 0.1) is 11.6 Å². The van der Waals surface area contributed by atoms with Crippen LogP contribution in [0.4, 0.5) is 0 Å². The highest BCUT2D eigenvalue weighted by Gasteiger charge is 2.44. The number of ketones is 1. The normalized spacial score (nSPS) is 20.7. The van der Waals surface area contributed by atoms with Gasteiger partial charge in [-0.1, -0.05) is 36.4 Å². The first kappa shape index (κ1) is 15.0. The fraction of sp³-hybridized carbons (Fsp3) is 0.136. The third kappa shape index (κ3) is 2.12. The van der Waals surface area contributed by atoms with E-state index < -0.39 is 0 Å². The Labute approximate surface area is 151 Å². The van der Waals surface area contributed by atoms with Gasteiger partial charge in [-0.25, -0.2) is 0 Å². The molecule has 1 atom stereocenters. The molecule has 126 valence electrons. The number of allylic oxidation sites excluding steroid dienone is 3. The SMILES string of the molecule is O=C1C=CC=C2C(=O)N(Cc3cccnc3)C3C(=C12)Cc1ccccc13. The molecule has 4 nitrogen and oxygen atoms in total. The number of pyridine rings is 1. The number of amides is 1. The van der Waals surface area contributed by atoms with Crippen molar-refractivity contribution < 1.29 is 9.59 Å². The van der Waals surface area contributed by atoms with Crippen molar-refractivity contribution in [3.8, 4) is 0 Å². The third-order valence-electron chi connectivity index (χ3n) is 5.29. The molecule has 26 heavy (non-hydrogen) atoms. The Bertz CT molecular complexity index is 1030. The summed E-state index contributed by atoms with van der Waals surface area (Å²) in [6.45, 7) is 0.470. The van der Waals surface area contributed by atoms with Crippen LogP contribution in [0, 0.1) is 0 Å². The number of carbonyl (C=O) groups is 2. The highest BCUT2D eigenvalue weighted by Crippen LogP contribution is 2.47. The molecule has 4 heteroatoms. The van der Waals surface area contributed by atoms with Gasteiger partial charge in [-0.3, -0.25) is 14.6 Å². The van der Waals surface area contributed by atoms with Crippen molar-refractivity contribution in [3.63, 3.8) is 0 Å². The van der Waals surface area contributed by atoms with E-state index in [1.165, 1.54) is 5.56 Å². The van der Waals surface area contributed by atoms with Gasteiger partial charge in [-0.2, -0.15) is 0 Å². The van der Waals surface area contributed by atoms with Gasteiger partial charge in [0.1, 0.15) is 0 Å². The Balaban J connectivity index is 1.70. The lowest BCUT2D eigenvalue weighted by atomic mass is 9.84. The monoisotopic (exact) mass is 340 g/mol. The van der Waals surface area contributed by atoms with Crippen LogP contribution in [0.25, 0.3) is 0 Å². The summed E-state index contributed by atoms with van der Waals surface area (Å²) >= 11 is 0. The molecule has 5 rings (SSSR count). The Morgan fingerprint density at radius 2 is 2.00 bits per heavy atom. The zero-order valence-corrected chi connectivity index (χ0v) is 14.1. The van der Waals surface area contributed by atoms with Gasteiger partial charge in [0.2, 0.25) is 0 Å². The molecule has 0 spiro atoms. The van der Waals surface area contributed by atoms with E-state index in [0.29, 0.717) is 24.1 Å². The van der Waals surface area contributed by atoms with Gasteiger partial charge in [0, 0.05) is 24.5 Å². The fourth-order valence-corrected chi connectivity index (χ4v) is 4.20. The maximum absolute atomic E-state index is 13.3. The Hall–Kier alpha value is -3.27. The van der Waals surface area contributed by atoms with Crippen LogP contribution in [0.2, 0.25) is 0 Å². The van der Waals surface area contributed by atoms with Gasteiger partial charge < -0.3 is 4.90 Å². The summed E-state index contributed by atoms with van der Waals surface area (Å²) in [4.78, 5) is 31.9. The molecule has 1 aliphatic heterocycles. The molecule has 2 aliphatic carbocycles. The van der Waals surface area contributed by atoms with Crippen LogP contribution in [0.15, 0.2) is 83.7 Å². The maximum Gasteiger partial charge on any atom is 0.255 e. The van der Waals surface area contributed by atoms with Crippen molar-refractivity contribution in [1.82, 2.24) is 9.88 Å². The van der Waals surface area contributed by atoms with Crippen LogP contribution in [-0.4, -0.2) is 21.6 Å². The first-order valence-corrected chi connectivity index (χ1v) is 8.68. The molecular formula is C22H16N2O2. The lowest BCUT2D eigenvalue weighted by Crippen LogP contribution is -2.41. The second-order valence-electron chi connectivity index (χ2n) is 6.78. The van der Waals surface area contributed by atoms with Crippen molar-refractivity contribution in [2.24, 2.45) is 0 Å². The van der Waals surface area contributed by atoms with Crippen LogP contribution in [0.1, 0.15) is 22.7 Å². The predicted octanol–water partition coefficient (Wildman–Crippen LogP) is 3.08. The molecule has 1 unspecified atom stereocenters. The Morgan fingerprint density at radius 3 is 2.85 bits per heavy atom. The number of fused-ring (bicyclic) bond motifs is 4. The van der Waals surface area contributed by atoms with Gasteiger partial charge in [0.25, 0.3) is 5.91 Å². The van der Waals surface area contributed by atoms with Crippen molar-refractivity contribution in [2.45, 2.75) is 19.0 Å². The quantitative estimate of drug-likeness (QED) is 0.844. The molecule has 0 N–H and O–H groups in total. The van der Waals surface area contributed by atoms with E-state index in [-0.39, 0.29) is 17.7 Å². The first-order valence-electron chi connectivity index (χ1n) is 8.68. The summed E-state index contributed by atoms with van der Waals surface area (Å²) in [5, 5.41) is 0. The molecule has 1 amide bonds. The minimum Gasteiger partial charge on any atom is -0.323 e. The molecule has 0 bridgehead atoms. The molecule has 0 fully saturated rings. The molecule has 0 radical (unpaired) electrons. The number of hydrogen-bond donors (Lipinski definition) is 0. The standard InChI is InChI=1S/C22H16N2O2/c25-19-9-3-8-17-20(19)18-11-15-6-1-2-7-16(15)21(18)24(22(17)26)13-14-5-4-10-23-12-14/h1-10,12,21H,11,13H2. The van der Waals surface area contributed by atoms with Gasteiger partial charge in [-0.15, -0.1) is 0 Å². The van der Waals surface area contributed by atoms with E-state index >= 15 is 0 Å². The van der Waals surface area contributed by atoms with E-state index in [4.69, 9.17) is 0 Å². The largest absolute Gasteiger partial charge is 0.323 e. The highest BCUT2D eigenvalue weighted by atomic mass is 16.2. The highest BCUT2D eigenvalue weighted by molar-refractivity contribution is 6.19. The lowest BCUT2D eigenvalue weighted by molar-refractivity contribution is -0.130. The van der Waals surface area contributed by atoms with Gasteiger partial charge >= 0.3 is 0 Å². The number of aromatic nitrogens is 1. The lowest BCUT2D eigenvalue weighted by Gasteiger charge is -2.37. The molecule has 2 heterocycles. The zero-order valence-electron chi connectivity index (χ0n) is 14.1. The van der Waals surface area contributed by atoms with Crippen LogP contribution in [0.3, 0.4) is 0 Å². The second-order valence-corrected chi connectivity index (χ2v) is 6.78. The van der Waals surface area contributed by atoms with Crippen molar-refractivity contribution in [3.05, 3.63) is 100 Å². The van der Waals surface area contributed by atoms with E-state index in [9.17, 15) is 9.59 Å². The fourth-order valence-electron chi connectivity index (χ4n) is 4.20. The molecule has 0 saturated carbocycles. The number of nitrogens with zero attached hydrogens (tertiary/aromatic N) is 2. The van der Waals surface area contributed by atoms with Crippen molar-refractivity contribution >= 4 is 11.7 Å². The minimum atomic E-state index is -0.179. The summed E-state index contributed by atoms with van der Waals surface area (Å²) in [5.74, 6) is -0.156. The Morgan fingerprint density at radius 1 is 1.12 bits per heavy atom. The molecule has 2 aromatic rings. The Kier molecular flexibility index (Phi) is 3.25. The van der Waals surface area contributed by atoms with E-state index in [2.05, 4.69) is 17.1 Å². The molecule has 0 saturated heterocycles. The average Bonchev–Trinajstić information content (AvgIpc) is 3.05. The summed E-state index contributed by atoms with van der Waals surface area (Å²) in [5.41, 5.74) is 5.43. The van der Waals surface area contributed by atoms with Crippen LogP contribution >= 0.6 is 0 Å². The van der Waals surface area contributed by atoms with Gasteiger partial charge in [0.15, 0.2) is 5.78 Å². The molecule has 1 aromatic carbocycles. The maximum atomic E-state index is 13.3. The van der Waals surface area contributed by atoms with Crippen LogP contribution in [0.5, 0.6) is 0 Å². The van der Waals surface area contributed by atoms with E-state index in [1.807, 2.05) is 29.2 Å². The average molecular weight is 340 g/mol. The number of rotatable bonds is 2. The first-order chi connectivity index (χ1) is 12.7. The van der Waals surface area contributed by atoms with E-state index in [0.717, 1.165) is 16.7 Å². The smallest absolute Gasteiger partial charge is 0.255 e. The summed E-state index contributed by atoms with van der Waals surface area (Å²) in [6.07, 6.45) is 9.21. The molecule has 1 aromatic heterocycles. The number of carbonyl (C=O) groups excluding carboxylic acids is 2. The zero-order chi connectivity index (χ0) is 17.7. The van der Waals surface area contributed by atoms with Crippen molar-refractivity contribution in [2.75, 3.05) is 0 Å². The van der Waals surface area contributed by atoms with Gasteiger partial charge in [-0.05, 0) is 46.9 Å². The summed E-state index contributed by atoms with van der Waals surface area (Å²) in [7, 11) is 0. The number of hydrogen-bond acceptors (Lipinski definition) is 3. The second kappa shape index (κ2) is 5.63. The summed E-state index contributed by atoms with van der Waals surface area (Å²) in [6, 6.07) is 11.8. The summed E-state index contributed by atoms with van der Waals surface area (Å²) < 4.78 is 0. The topological polar surface area (TPSA) is 50.3 Å². The third-order valence-corrected chi connectivity index (χ3v) is 5.29. The van der Waals surface area contributed by atoms with Crippen LogP contribution < -0.4 is 0 Å². The predicted molar refractivity (Wildman–Crippen MR) is 96.9 cm³/mol. The van der Waals surface area contributed by atoms with Crippen LogP contribution in [-0.2, 0) is 22.6 Å². The van der Waals surface area contributed by atoms with Crippen molar-refractivity contribution in [1.29, 1.82) is 0 Å².